The molecule has 176 valence electrons. The molecule has 0 spiro atoms. The summed E-state index contributed by atoms with van der Waals surface area (Å²) in [4.78, 5) is 17.4. The van der Waals surface area contributed by atoms with Crippen molar-refractivity contribution in [2.45, 2.75) is 50.8 Å². The van der Waals surface area contributed by atoms with E-state index in [1.54, 1.807) is 7.05 Å². The van der Waals surface area contributed by atoms with Crippen LogP contribution in [0, 0.1) is 0 Å². The van der Waals surface area contributed by atoms with Gasteiger partial charge in [0.2, 0.25) is 10.0 Å². The quantitative estimate of drug-likeness (QED) is 0.439. The maximum absolute atomic E-state index is 12.6. The third-order valence-corrected chi connectivity index (χ3v) is 8.05. The summed E-state index contributed by atoms with van der Waals surface area (Å²) in [7, 11) is -1.99. The van der Waals surface area contributed by atoms with Gasteiger partial charge in [0.25, 0.3) is 5.91 Å². The van der Waals surface area contributed by atoms with E-state index in [4.69, 9.17) is 0 Å². The highest BCUT2D eigenvalue weighted by molar-refractivity contribution is 7.89. The van der Waals surface area contributed by atoms with Crippen LogP contribution in [-0.4, -0.2) is 37.2 Å². The molecule has 1 amide bonds. The third kappa shape index (κ3) is 6.07. The van der Waals surface area contributed by atoms with Crippen LogP contribution in [0.15, 0.2) is 58.8 Å². The van der Waals surface area contributed by atoms with Gasteiger partial charge in [0.05, 0.1) is 10.6 Å². The van der Waals surface area contributed by atoms with Crippen molar-refractivity contribution in [1.82, 2.24) is 9.29 Å². The Bertz CT molecular complexity index is 1190. The molecule has 3 aromatic rings. The number of rotatable bonds is 8. The summed E-state index contributed by atoms with van der Waals surface area (Å²) >= 11 is 1.35. The number of amides is 1. The van der Waals surface area contributed by atoms with Gasteiger partial charge in [0.15, 0.2) is 5.13 Å². The molecular formula is C25H31N3O3S2. The van der Waals surface area contributed by atoms with Crippen LogP contribution < -0.4 is 5.32 Å². The summed E-state index contributed by atoms with van der Waals surface area (Å²) in [5.41, 5.74) is 3.49. The number of aromatic nitrogens is 1. The van der Waals surface area contributed by atoms with Gasteiger partial charge in [0, 0.05) is 30.1 Å². The number of nitrogens with one attached hydrogen (secondary N) is 1. The maximum atomic E-state index is 12.6. The van der Waals surface area contributed by atoms with E-state index in [-0.39, 0.29) is 16.2 Å². The van der Waals surface area contributed by atoms with Crippen LogP contribution in [0.1, 0.15) is 56.5 Å². The second-order valence-corrected chi connectivity index (χ2v) is 11.9. The zero-order valence-electron chi connectivity index (χ0n) is 19.8. The molecule has 1 heterocycles. The number of unbranched alkanes of at least 4 members (excludes halogenated alkanes) is 1. The van der Waals surface area contributed by atoms with Gasteiger partial charge in [-0.05, 0) is 41.7 Å². The molecule has 0 aliphatic heterocycles. The second-order valence-electron chi connectivity index (χ2n) is 9.02. The number of hydrogen-bond donors (Lipinski definition) is 1. The lowest BCUT2D eigenvalue weighted by Crippen LogP contribution is -2.28. The molecule has 8 heteroatoms. The summed E-state index contributed by atoms with van der Waals surface area (Å²) in [6.07, 6.45) is 1.71. The van der Waals surface area contributed by atoms with Crippen molar-refractivity contribution in [2.75, 3.05) is 18.9 Å². The van der Waals surface area contributed by atoms with E-state index in [2.05, 4.69) is 43.2 Å². The van der Waals surface area contributed by atoms with Gasteiger partial charge in [-0.2, -0.15) is 0 Å². The first-order valence-electron chi connectivity index (χ1n) is 11.0. The topological polar surface area (TPSA) is 79.4 Å². The molecule has 0 atom stereocenters. The fraction of sp³-hybridized carbons (Fsp3) is 0.360. The highest BCUT2D eigenvalue weighted by atomic mass is 32.2. The fourth-order valence-corrected chi connectivity index (χ4v) is 5.16. The number of nitrogens with zero attached hydrogens (tertiary/aromatic N) is 2. The molecule has 0 fully saturated rings. The van der Waals surface area contributed by atoms with Crippen LogP contribution in [0.25, 0.3) is 11.3 Å². The number of hydrogen-bond acceptors (Lipinski definition) is 5. The molecule has 0 radical (unpaired) electrons. The SMILES string of the molecule is CCCCN(C)S(=O)(=O)c1ccc(C(=O)Nc2nc(-c3ccc(C(C)(C)C)cc3)cs2)cc1. The van der Waals surface area contributed by atoms with Gasteiger partial charge in [-0.25, -0.2) is 17.7 Å². The first kappa shape index (κ1) is 25.1. The molecule has 0 unspecified atom stereocenters. The zero-order chi connectivity index (χ0) is 24.2. The lowest BCUT2D eigenvalue weighted by molar-refractivity contribution is 0.102. The van der Waals surface area contributed by atoms with Crippen LogP contribution in [-0.2, 0) is 15.4 Å². The van der Waals surface area contributed by atoms with E-state index in [9.17, 15) is 13.2 Å². The molecule has 1 aromatic heterocycles. The molecule has 2 aromatic carbocycles. The van der Waals surface area contributed by atoms with Gasteiger partial charge >= 0.3 is 0 Å². The van der Waals surface area contributed by atoms with Crippen molar-refractivity contribution in [3.63, 3.8) is 0 Å². The van der Waals surface area contributed by atoms with Crippen molar-refractivity contribution < 1.29 is 13.2 Å². The van der Waals surface area contributed by atoms with Gasteiger partial charge < -0.3 is 0 Å². The average Bonchev–Trinajstić information content (AvgIpc) is 3.25. The van der Waals surface area contributed by atoms with E-state index in [1.165, 1.54) is 45.5 Å². The highest BCUT2D eigenvalue weighted by Gasteiger charge is 2.21. The minimum Gasteiger partial charge on any atom is -0.298 e. The molecular weight excluding hydrogens is 454 g/mol. The van der Waals surface area contributed by atoms with Crippen LogP contribution in [0.5, 0.6) is 0 Å². The van der Waals surface area contributed by atoms with Crippen LogP contribution >= 0.6 is 11.3 Å². The van der Waals surface area contributed by atoms with Crippen molar-refractivity contribution in [2.24, 2.45) is 0 Å². The summed E-state index contributed by atoms with van der Waals surface area (Å²) in [6, 6.07) is 14.3. The smallest absolute Gasteiger partial charge is 0.257 e. The maximum Gasteiger partial charge on any atom is 0.257 e. The Morgan fingerprint density at radius 2 is 1.70 bits per heavy atom. The fourth-order valence-electron chi connectivity index (χ4n) is 3.23. The lowest BCUT2D eigenvalue weighted by atomic mass is 9.86. The molecule has 3 rings (SSSR count). The van der Waals surface area contributed by atoms with E-state index in [1.807, 2.05) is 24.4 Å². The van der Waals surface area contributed by atoms with Crippen molar-refractivity contribution in [3.8, 4) is 11.3 Å². The highest BCUT2D eigenvalue weighted by Crippen LogP contribution is 2.28. The molecule has 0 aliphatic carbocycles. The largest absolute Gasteiger partial charge is 0.298 e. The Morgan fingerprint density at radius 3 is 2.27 bits per heavy atom. The van der Waals surface area contributed by atoms with E-state index in [0.29, 0.717) is 17.2 Å². The third-order valence-electron chi connectivity index (χ3n) is 5.42. The number of sulfonamides is 1. The van der Waals surface area contributed by atoms with E-state index < -0.39 is 10.0 Å². The van der Waals surface area contributed by atoms with Gasteiger partial charge in [-0.15, -0.1) is 11.3 Å². The Kier molecular flexibility index (Phi) is 7.72. The number of carbonyl (C=O) groups excluding carboxylic acids is 1. The van der Waals surface area contributed by atoms with Crippen molar-refractivity contribution in [1.29, 1.82) is 0 Å². The zero-order valence-corrected chi connectivity index (χ0v) is 21.4. The molecule has 0 saturated carbocycles. The summed E-state index contributed by atoms with van der Waals surface area (Å²) < 4.78 is 26.6. The Hall–Kier alpha value is -2.55. The number of thiazole rings is 1. The van der Waals surface area contributed by atoms with E-state index >= 15 is 0 Å². The predicted octanol–water partition coefficient (Wildman–Crippen LogP) is 5.78. The van der Waals surface area contributed by atoms with Crippen molar-refractivity contribution in [3.05, 3.63) is 65.0 Å². The summed E-state index contributed by atoms with van der Waals surface area (Å²) in [5, 5.41) is 5.20. The minimum absolute atomic E-state index is 0.0829. The summed E-state index contributed by atoms with van der Waals surface area (Å²) in [5.74, 6) is -0.331. The van der Waals surface area contributed by atoms with Gasteiger partial charge in [-0.1, -0.05) is 58.4 Å². The Labute approximate surface area is 200 Å². The van der Waals surface area contributed by atoms with Crippen LogP contribution in [0.2, 0.25) is 0 Å². The van der Waals surface area contributed by atoms with Crippen molar-refractivity contribution >= 4 is 32.4 Å². The normalized spacial score (nSPS) is 12.2. The Morgan fingerprint density at radius 1 is 1.06 bits per heavy atom. The van der Waals surface area contributed by atoms with Gasteiger partial charge in [-0.3, -0.25) is 10.1 Å². The molecule has 0 bridgehead atoms. The predicted molar refractivity (Wildman–Crippen MR) is 135 cm³/mol. The van der Waals surface area contributed by atoms with Gasteiger partial charge in [0.1, 0.15) is 0 Å². The van der Waals surface area contributed by atoms with Crippen LogP contribution in [0.3, 0.4) is 0 Å². The number of benzene rings is 2. The second kappa shape index (κ2) is 10.2. The Balaban J connectivity index is 1.68. The molecule has 1 N–H and O–H groups in total. The minimum atomic E-state index is -3.56. The van der Waals surface area contributed by atoms with E-state index in [0.717, 1.165) is 24.1 Å². The molecule has 0 aliphatic rings. The summed E-state index contributed by atoms with van der Waals surface area (Å²) in [6.45, 7) is 9.00. The molecule has 33 heavy (non-hydrogen) atoms. The monoisotopic (exact) mass is 485 g/mol. The molecule has 6 nitrogen and oxygen atoms in total. The lowest BCUT2D eigenvalue weighted by Gasteiger charge is -2.18. The molecule has 0 saturated heterocycles. The first-order chi connectivity index (χ1) is 15.5. The first-order valence-corrected chi connectivity index (χ1v) is 13.3. The number of carbonyl (C=O) groups is 1. The number of anilines is 1. The average molecular weight is 486 g/mol. The van der Waals surface area contributed by atoms with Crippen LogP contribution in [0.4, 0.5) is 5.13 Å². The standard InChI is InChI=1S/C25H31N3O3S2/c1-6-7-16-28(5)33(30,31)21-14-10-19(11-15-21)23(29)27-24-26-22(17-32-24)18-8-12-20(13-9-18)25(2,3)4/h8-15,17H,6-7,16H2,1-5H3,(H,26,27,29).